The van der Waals surface area contributed by atoms with E-state index in [4.69, 9.17) is 4.74 Å². The second-order valence-corrected chi connectivity index (χ2v) is 10.1. The maximum absolute atomic E-state index is 12.3. The Balaban J connectivity index is 1.75. The number of aryl methyl sites for hydroxylation is 1. The molecule has 11 heteroatoms. The van der Waals surface area contributed by atoms with Gasteiger partial charge in [-0.05, 0) is 31.7 Å². The molecule has 1 aliphatic carbocycles. The average molecular weight is 471 g/mol. The number of hydrogen-bond acceptors (Lipinski definition) is 8. The Morgan fingerprint density at radius 3 is 2.58 bits per heavy atom. The van der Waals surface area contributed by atoms with Crippen molar-refractivity contribution in [1.29, 1.82) is 0 Å². The highest BCUT2D eigenvalue weighted by Crippen LogP contribution is 2.33. The van der Waals surface area contributed by atoms with E-state index in [1.54, 1.807) is 36.3 Å². The second kappa shape index (κ2) is 9.18. The quantitative estimate of drug-likeness (QED) is 0.538. The summed E-state index contributed by atoms with van der Waals surface area (Å²) in [4.78, 5) is 20.1. The first-order chi connectivity index (χ1) is 15.7. The Bertz CT molecular complexity index is 1280. The largest absolute Gasteiger partial charge is 0.490 e. The van der Waals surface area contributed by atoms with Crippen LogP contribution in [-0.2, 0) is 21.7 Å². The molecule has 2 N–H and O–H groups in total. The monoisotopic (exact) mass is 470 g/mol. The number of ether oxygens (including phenoxy) is 1. The average Bonchev–Trinajstić information content (AvgIpc) is 3.39. The summed E-state index contributed by atoms with van der Waals surface area (Å²) in [6.45, 7) is 1.39. The Morgan fingerprint density at radius 1 is 1.18 bits per heavy atom. The molecule has 174 valence electrons. The number of nitrogens with zero attached hydrogens (tertiary/aromatic N) is 4. The van der Waals surface area contributed by atoms with Crippen LogP contribution in [0.1, 0.15) is 32.6 Å². The van der Waals surface area contributed by atoms with Gasteiger partial charge in [0.2, 0.25) is 5.91 Å². The summed E-state index contributed by atoms with van der Waals surface area (Å²) in [5, 5.41) is 10.2. The van der Waals surface area contributed by atoms with E-state index in [9.17, 15) is 13.2 Å². The molecule has 3 heterocycles. The molecule has 0 atom stereocenters. The SMILES string of the molecule is CC(=O)Nc1cc(Nc2cc(OC3CCCC3)cc(S(C)(=O)=O)n2)c(-c2ccn(C)n2)cn1. The lowest BCUT2D eigenvalue weighted by atomic mass is 10.1. The smallest absolute Gasteiger partial charge is 0.222 e. The van der Waals surface area contributed by atoms with Gasteiger partial charge in [0.25, 0.3) is 0 Å². The Kier molecular flexibility index (Phi) is 6.32. The van der Waals surface area contributed by atoms with Crippen LogP contribution in [0.3, 0.4) is 0 Å². The van der Waals surface area contributed by atoms with Gasteiger partial charge in [-0.2, -0.15) is 5.10 Å². The van der Waals surface area contributed by atoms with Crippen LogP contribution >= 0.6 is 0 Å². The van der Waals surface area contributed by atoms with Gasteiger partial charge in [0.15, 0.2) is 14.9 Å². The third-order valence-electron chi connectivity index (χ3n) is 5.22. The number of aromatic nitrogens is 4. The van der Waals surface area contributed by atoms with Crippen molar-refractivity contribution in [2.45, 2.75) is 43.7 Å². The highest BCUT2D eigenvalue weighted by molar-refractivity contribution is 7.90. The number of pyridine rings is 2. The van der Waals surface area contributed by atoms with Crippen LogP contribution in [0, 0.1) is 0 Å². The summed E-state index contributed by atoms with van der Waals surface area (Å²) in [6, 6.07) is 6.61. The van der Waals surface area contributed by atoms with Crippen molar-refractivity contribution in [2.75, 3.05) is 16.9 Å². The molecule has 0 saturated heterocycles. The normalized spacial score (nSPS) is 14.3. The highest BCUT2D eigenvalue weighted by atomic mass is 32.2. The summed E-state index contributed by atoms with van der Waals surface area (Å²) in [5.74, 6) is 0.813. The van der Waals surface area contributed by atoms with E-state index in [1.807, 2.05) is 6.07 Å². The molecular weight excluding hydrogens is 444 g/mol. The van der Waals surface area contributed by atoms with Gasteiger partial charge in [0.05, 0.1) is 17.5 Å². The van der Waals surface area contributed by atoms with Crippen molar-refractivity contribution in [3.05, 3.63) is 36.7 Å². The second-order valence-electron chi connectivity index (χ2n) is 8.12. The first-order valence-electron chi connectivity index (χ1n) is 10.6. The summed E-state index contributed by atoms with van der Waals surface area (Å²) in [7, 11) is -1.77. The molecule has 10 nitrogen and oxygen atoms in total. The fourth-order valence-corrected chi connectivity index (χ4v) is 4.30. The summed E-state index contributed by atoms with van der Waals surface area (Å²) < 4.78 is 32.3. The number of rotatable bonds is 7. The molecule has 0 spiro atoms. The molecule has 0 unspecified atom stereocenters. The van der Waals surface area contributed by atoms with Crippen molar-refractivity contribution in [3.8, 4) is 17.0 Å². The summed E-state index contributed by atoms with van der Waals surface area (Å²) in [5.41, 5.74) is 1.87. The van der Waals surface area contributed by atoms with E-state index in [0.29, 0.717) is 34.3 Å². The molecule has 1 saturated carbocycles. The fourth-order valence-electron chi connectivity index (χ4n) is 3.71. The topological polar surface area (TPSA) is 128 Å². The predicted molar refractivity (Wildman–Crippen MR) is 124 cm³/mol. The first-order valence-corrected chi connectivity index (χ1v) is 12.5. The molecule has 1 fully saturated rings. The van der Waals surface area contributed by atoms with E-state index in [2.05, 4.69) is 25.7 Å². The van der Waals surface area contributed by atoms with Crippen LogP contribution in [0.2, 0.25) is 0 Å². The molecule has 0 aromatic carbocycles. The molecule has 33 heavy (non-hydrogen) atoms. The zero-order valence-corrected chi connectivity index (χ0v) is 19.5. The van der Waals surface area contributed by atoms with Crippen molar-refractivity contribution in [1.82, 2.24) is 19.7 Å². The number of anilines is 3. The van der Waals surface area contributed by atoms with Crippen LogP contribution in [-0.4, -0.2) is 46.4 Å². The van der Waals surface area contributed by atoms with E-state index >= 15 is 0 Å². The van der Waals surface area contributed by atoms with Crippen LogP contribution in [0.25, 0.3) is 11.3 Å². The van der Waals surface area contributed by atoms with E-state index in [-0.39, 0.29) is 17.0 Å². The van der Waals surface area contributed by atoms with Crippen LogP contribution in [0.5, 0.6) is 5.75 Å². The van der Waals surface area contributed by atoms with Gasteiger partial charge in [-0.1, -0.05) is 0 Å². The molecule has 3 aromatic heterocycles. The number of sulfone groups is 1. The predicted octanol–water partition coefficient (Wildman–Crippen LogP) is 3.30. The maximum atomic E-state index is 12.3. The lowest BCUT2D eigenvalue weighted by Gasteiger charge is -2.16. The zero-order chi connectivity index (χ0) is 23.6. The number of carbonyl (C=O) groups is 1. The van der Waals surface area contributed by atoms with Gasteiger partial charge < -0.3 is 15.4 Å². The third kappa shape index (κ3) is 5.67. The number of hydrogen-bond donors (Lipinski definition) is 2. The minimum atomic E-state index is -3.57. The highest BCUT2D eigenvalue weighted by Gasteiger charge is 2.20. The van der Waals surface area contributed by atoms with Crippen LogP contribution in [0.4, 0.5) is 17.3 Å². The Morgan fingerprint density at radius 2 is 1.94 bits per heavy atom. The number of amides is 1. The lowest BCUT2D eigenvalue weighted by molar-refractivity contribution is -0.114. The van der Waals surface area contributed by atoms with Gasteiger partial charge in [-0.3, -0.25) is 9.48 Å². The minimum absolute atomic E-state index is 0.0593. The fraction of sp³-hybridized carbons (Fsp3) is 0.364. The summed E-state index contributed by atoms with van der Waals surface area (Å²) in [6.07, 6.45) is 8.62. The lowest BCUT2D eigenvalue weighted by Crippen LogP contribution is -2.12. The maximum Gasteiger partial charge on any atom is 0.222 e. The van der Waals surface area contributed by atoms with Gasteiger partial charge in [0.1, 0.15) is 17.4 Å². The van der Waals surface area contributed by atoms with Crippen LogP contribution in [0.15, 0.2) is 41.7 Å². The van der Waals surface area contributed by atoms with E-state index in [1.165, 1.54) is 13.0 Å². The third-order valence-corrected chi connectivity index (χ3v) is 6.19. The van der Waals surface area contributed by atoms with Gasteiger partial charge >= 0.3 is 0 Å². The molecule has 4 rings (SSSR count). The van der Waals surface area contributed by atoms with Gasteiger partial charge in [-0.25, -0.2) is 18.4 Å². The summed E-state index contributed by atoms with van der Waals surface area (Å²) >= 11 is 0. The van der Waals surface area contributed by atoms with Crippen LogP contribution < -0.4 is 15.4 Å². The van der Waals surface area contributed by atoms with Crippen molar-refractivity contribution >= 4 is 33.1 Å². The molecule has 0 radical (unpaired) electrons. The molecule has 1 aliphatic rings. The van der Waals surface area contributed by atoms with Gasteiger partial charge in [-0.15, -0.1) is 0 Å². The minimum Gasteiger partial charge on any atom is -0.490 e. The number of nitrogens with one attached hydrogen (secondary N) is 2. The molecule has 1 amide bonds. The van der Waals surface area contributed by atoms with Gasteiger partial charge in [0, 0.05) is 56.4 Å². The Hall–Kier alpha value is -3.47. The molecule has 0 aliphatic heterocycles. The molecule has 3 aromatic rings. The van der Waals surface area contributed by atoms with Crippen molar-refractivity contribution in [3.63, 3.8) is 0 Å². The van der Waals surface area contributed by atoms with E-state index in [0.717, 1.165) is 31.9 Å². The first kappa shape index (κ1) is 22.7. The molecular formula is C22H26N6O4S. The van der Waals surface area contributed by atoms with Crippen molar-refractivity contribution in [2.24, 2.45) is 7.05 Å². The number of carbonyl (C=O) groups excluding carboxylic acids is 1. The van der Waals surface area contributed by atoms with Crippen molar-refractivity contribution < 1.29 is 17.9 Å². The Labute approximate surface area is 192 Å². The van der Waals surface area contributed by atoms with E-state index < -0.39 is 9.84 Å². The zero-order valence-electron chi connectivity index (χ0n) is 18.7. The molecule has 0 bridgehead atoms. The standard InChI is InChI=1S/C22H26N6O4S/c1-14(29)24-20-12-19(17(13-23-20)18-8-9-28(2)27-18)25-21-10-16(32-15-6-4-5-7-15)11-22(26-21)33(3,30)31/h8-13,15H,4-7H2,1-3H3,(H2,23,24,25,26,29).